The topological polar surface area (TPSA) is 71.4 Å². The van der Waals surface area contributed by atoms with E-state index in [0.717, 1.165) is 35.1 Å². The zero-order valence-corrected chi connectivity index (χ0v) is 17.8. The molecule has 0 aliphatic carbocycles. The molecule has 1 saturated heterocycles. The second-order valence-corrected chi connectivity index (χ2v) is 8.20. The summed E-state index contributed by atoms with van der Waals surface area (Å²) in [6.07, 6.45) is 3.98. The summed E-state index contributed by atoms with van der Waals surface area (Å²) in [7, 11) is 1.62. The number of methoxy groups -OCH3 is 1. The van der Waals surface area contributed by atoms with Gasteiger partial charge >= 0.3 is 0 Å². The zero-order chi connectivity index (χ0) is 22.1. The summed E-state index contributed by atoms with van der Waals surface area (Å²) in [6.45, 7) is 1.25. The number of ether oxygens (including phenoxy) is 1. The van der Waals surface area contributed by atoms with Crippen LogP contribution in [0.25, 0.3) is 10.9 Å². The summed E-state index contributed by atoms with van der Waals surface area (Å²) in [6, 6.07) is 14.0. The smallest absolute Gasteiger partial charge is 0.270 e. The third-order valence-corrected chi connectivity index (χ3v) is 5.95. The van der Waals surface area contributed by atoms with Gasteiger partial charge in [-0.1, -0.05) is 12.1 Å². The fourth-order valence-corrected chi connectivity index (χ4v) is 4.33. The number of amides is 1. The number of rotatable bonds is 5. The Bertz CT molecular complexity index is 1260. The van der Waals surface area contributed by atoms with Crippen LogP contribution in [0.5, 0.6) is 5.75 Å². The van der Waals surface area contributed by atoms with Gasteiger partial charge in [0, 0.05) is 30.4 Å². The summed E-state index contributed by atoms with van der Waals surface area (Å²) < 4.78 is 24.7. The number of carbonyl (C=O) groups excluding carboxylic acids is 1. The van der Waals surface area contributed by atoms with Crippen molar-refractivity contribution in [3.63, 3.8) is 0 Å². The highest BCUT2D eigenvalue weighted by Crippen LogP contribution is 2.29. The van der Waals surface area contributed by atoms with Gasteiger partial charge in [0.25, 0.3) is 5.91 Å². The van der Waals surface area contributed by atoms with E-state index >= 15 is 0 Å². The molecule has 0 bridgehead atoms. The van der Waals surface area contributed by atoms with Crippen molar-refractivity contribution in [2.45, 2.75) is 25.2 Å². The van der Waals surface area contributed by atoms with Gasteiger partial charge in [-0.3, -0.25) is 4.79 Å². The van der Waals surface area contributed by atoms with E-state index in [4.69, 9.17) is 9.15 Å². The number of H-pyrrole nitrogens is 1. The molecule has 2 aromatic carbocycles. The molecule has 5 rings (SSSR count). The SMILES string of the molecule is COc1ccc2[nH]c(C(=O)N3CCCC(c4ncc(Cc5cccc(F)c5)o4)C3)cc2c1. The highest BCUT2D eigenvalue weighted by atomic mass is 19.1. The summed E-state index contributed by atoms with van der Waals surface area (Å²) in [5, 5.41) is 0.941. The number of aromatic nitrogens is 2. The fourth-order valence-electron chi connectivity index (χ4n) is 4.33. The Balaban J connectivity index is 1.29. The lowest BCUT2D eigenvalue weighted by Crippen LogP contribution is -2.39. The maximum atomic E-state index is 13.4. The standard InChI is InChI=1S/C25H24FN3O3/c1-31-20-7-8-22-18(12-20)13-23(28-22)25(30)29-9-3-5-17(15-29)24-27-14-21(32-24)11-16-4-2-6-19(26)10-16/h2,4,6-8,10,12-14,17,28H,3,5,9,11,15H2,1H3. The highest BCUT2D eigenvalue weighted by Gasteiger charge is 2.29. The van der Waals surface area contributed by atoms with E-state index in [9.17, 15) is 9.18 Å². The first-order chi connectivity index (χ1) is 15.6. The van der Waals surface area contributed by atoms with E-state index in [1.807, 2.05) is 35.2 Å². The molecule has 2 aromatic heterocycles. The summed E-state index contributed by atoms with van der Waals surface area (Å²) in [5.74, 6) is 1.83. The molecule has 7 heteroatoms. The first kappa shape index (κ1) is 20.3. The largest absolute Gasteiger partial charge is 0.497 e. The number of nitrogens with zero attached hydrogens (tertiary/aromatic N) is 2. The quantitative estimate of drug-likeness (QED) is 0.485. The van der Waals surface area contributed by atoms with Crippen LogP contribution in [0.4, 0.5) is 4.39 Å². The Morgan fingerprint density at radius 1 is 1.28 bits per heavy atom. The number of oxazole rings is 1. The van der Waals surface area contributed by atoms with Gasteiger partial charge in [-0.2, -0.15) is 0 Å². The first-order valence-corrected chi connectivity index (χ1v) is 10.7. The van der Waals surface area contributed by atoms with Gasteiger partial charge in [0.2, 0.25) is 0 Å². The Labute approximate surface area is 185 Å². The van der Waals surface area contributed by atoms with Gasteiger partial charge in [0.15, 0.2) is 5.89 Å². The lowest BCUT2D eigenvalue weighted by molar-refractivity contribution is 0.0693. The Hall–Kier alpha value is -3.61. The zero-order valence-electron chi connectivity index (χ0n) is 17.8. The molecule has 1 amide bonds. The molecular weight excluding hydrogens is 409 g/mol. The summed E-state index contributed by atoms with van der Waals surface area (Å²) >= 11 is 0. The van der Waals surface area contributed by atoms with E-state index in [-0.39, 0.29) is 17.6 Å². The minimum absolute atomic E-state index is 0.0311. The summed E-state index contributed by atoms with van der Waals surface area (Å²) in [5.41, 5.74) is 2.30. The number of halogens is 1. The molecule has 0 saturated carbocycles. The Kier molecular flexibility index (Phi) is 5.39. The van der Waals surface area contributed by atoms with Crippen LogP contribution < -0.4 is 4.74 Å². The van der Waals surface area contributed by atoms with Crippen molar-refractivity contribution in [1.29, 1.82) is 0 Å². The van der Waals surface area contributed by atoms with E-state index in [2.05, 4.69) is 9.97 Å². The maximum Gasteiger partial charge on any atom is 0.270 e. The molecule has 6 nitrogen and oxygen atoms in total. The molecule has 1 unspecified atom stereocenters. The van der Waals surface area contributed by atoms with E-state index in [1.54, 1.807) is 19.4 Å². The monoisotopic (exact) mass is 433 g/mol. The Morgan fingerprint density at radius 2 is 2.19 bits per heavy atom. The van der Waals surface area contributed by atoms with Crippen LogP contribution in [-0.4, -0.2) is 41.0 Å². The fraction of sp³-hybridized carbons (Fsp3) is 0.280. The van der Waals surface area contributed by atoms with Crippen LogP contribution in [0.2, 0.25) is 0 Å². The lowest BCUT2D eigenvalue weighted by Gasteiger charge is -2.31. The predicted molar refractivity (Wildman–Crippen MR) is 118 cm³/mol. The van der Waals surface area contributed by atoms with Crippen molar-refractivity contribution in [3.05, 3.63) is 83.5 Å². The maximum absolute atomic E-state index is 13.4. The normalized spacial score (nSPS) is 16.4. The minimum Gasteiger partial charge on any atom is -0.497 e. The molecule has 1 aliphatic heterocycles. The molecule has 1 N–H and O–H groups in total. The van der Waals surface area contributed by atoms with E-state index in [1.165, 1.54) is 12.1 Å². The van der Waals surface area contributed by atoms with Crippen molar-refractivity contribution in [1.82, 2.24) is 14.9 Å². The molecule has 1 atom stereocenters. The first-order valence-electron chi connectivity index (χ1n) is 10.7. The highest BCUT2D eigenvalue weighted by molar-refractivity contribution is 5.98. The van der Waals surface area contributed by atoms with Gasteiger partial charge in [0.1, 0.15) is 23.0 Å². The Morgan fingerprint density at radius 3 is 3.03 bits per heavy atom. The average molecular weight is 433 g/mol. The minimum atomic E-state index is -0.265. The number of benzene rings is 2. The molecule has 0 radical (unpaired) electrons. The number of hydrogen-bond acceptors (Lipinski definition) is 4. The van der Waals surface area contributed by atoms with Crippen molar-refractivity contribution in [2.24, 2.45) is 0 Å². The summed E-state index contributed by atoms with van der Waals surface area (Å²) in [4.78, 5) is 22.7. The van der Waals surface area contributed by atoms with Crippen LogP contribution in [0, 0.1) is 5.82 Å². The average Bonchev–Trinajstić information content (AvgIpc) is 3.45. The van der Waals surface area contributed by atoms with Crippen molar-refractivity contribution < 1.29 is 18.3 Å². The lowest BCUT2D eigenvalue weighted by atomic mass is 9.97. The second kappa shape index (κ2) is 8.49. The van der Waals surface area contributed by atoms with Crippen molar-refractivity contribution in [3.8, 4) is 5.75 Å². The second-order valence-electron chi connectivity index (χ2n) is 8.20. The van der Waals surface area contributed by atoms with E-state index in [0.29, 0.717) is 36.9 Å². The molecule has 164 valence electrons. The van der Waals surface area contributed by atoms with Crippen LogP contribution in [0.15, 0.2) is 59.1 Å². The van der Waals surface area contributed by atoms with Gasteiger partial charge in [0.05, 0.1) is 19.2 Å². The number of fused-ring (bicyclic) bond motifs is 1. The van der Waals surface area contributed by atoms with Gasteiger partial charge < -0.3 is 19.0 Å². The number of piperidine rings is 1. The van der Waals surface area contributed by atoms with Gasteiger partial charge in [-0.05, 0) is 54.8 Å². The third-order valence-electron chi connectivity index (χ3n) is 5.95. The molecule has 32 heavy (non-hydrogen) atoms. The van der Waals surface area contributed by atoms with Crippen LogP contribution in [-0.2, 0) is 6.42 Å². The molecule has 1 aliphatic rings. The molecule has 0 spiro atoms. The number of hydrogen-bond donors (Lipinski definition) is 1. The van der Waals surface area contributed by atoms with Crippen LogP contribution >= 0.6 is 0 Å². The number of likely N-dealkylation sites (tertiary alicyclic amines) is 1. The molecule has 3 heterocycles. The van der Waals surface area contributed by atoms with Crippen molar-refractivity contribution >= 4 is 16.8 Å². The van der Waals surface area contributed by atoms with Gasteiger partial charge in [-0.25, -0.2) is 9.37 Å². The van der Waals surface area contributed by atoms with Crippen LogP contribution in [0.3, 0.4) is 0 Å². The molecule has 4 aromatic rings. The van der Waals surface area contributed by atoms with Crippen LogP contribution in [0.1, 0.15) is 46.5 Å². The number of carbonyl (C=O) groups is 1. The van der Waals surface area contributed by atoms with E-state index < -0.39 is 0 Å². The predicted octanol–water partition coefficient (Wildman–Crippen LogP) is 4.91. The van der Waals surface area contributed by atoms with Gasteiger partial charge in [-0.15, -0.1) is 0 Å². The molecule has 1 fully saturated rings. The van der Waals surface area contributed by atoms with Crippen molar-refractivity contribution in [2.75, 3.05) is 20.2 Å². The molecular formula is C25H24FN3O3. The number of aromatic amines is 1. The third kappa shape index (κ3) is 4.10. The number of nitrogens with one attached hydrogen (secondary N) is 1.